The average Bonchev–Trinajstić information content (AvgIpc) is 2.84. The van der Waals surface area contributed by atoms with Crippen LogP contribution >= 0.6 is 11.8 Å². The van der Waals surface area contributed by atoms with Crippen LogP contribution in [0.5, 0.6) is 5.75 Å². The number of aromatic nitrogens is 2. The molecule has 18 heavy (non-hydrogen) atoms. The number of imidazole rings is 1. The maximum Gasteiger partial charge on any atom is 0.227 e. The van der Waals surface area contributed by atoms with Crippen molar-refractivity contribution in [3.63, 3.8) is 0 Å². The molecule has 1 heterocycles. The van der Waals surface area contributed by atoms with E-state index in [1.54, 1.807) is 13.3 Å². The summed E-state index contributed by atoms with van der Waals surface area (Å²) in [6.45, 7) is 0. The molecular weight excluding hydrogens is 250 g/mol. The zero-order valence-electron chi connectivity index (χ0n) is 9.87. The highest BCUT2D eigenvalue weighted by Gasteiger charge is 2.07. The van der Waals surface area contributed by atoms with Crippen LogP contribution in [0.4, 0.5) is 0 Å². The van der Waals surface area contributed by atoms with Crippen LogP contribution in [0.25, 0.3) is 5.69 Å². The fourth-order valence-electron chi connectivity index (χ4n) is 1.49. The van der Waals surface area contributed by atoms with Gasteiger partial charge in [0.05, 0.1) is 18.6 Å². The Labute approximate surface area is 109 Å². The van der Waals surface area contributed by atoms with E-state index in [1.807, 2.05) is 35.0 Å². The minimum Gasteiger partial charge on any atom is -0.497 e. The van der Waals surface area contributed by atoms with Gasteiger partial charge in [0, 0.05) is 18.5 Å². The lowest BCUT2D eigenvalue weighted by molar-refractivity contribution is -0.115. The topological polar surface area (TPSA) is 70.1 Å². The van der Waals surface area contributed by atoms with E-state index in [1.165, 1.54) is 11.8 Å². The van der Waals surface area contributed by atoms with E-state index in [4.69, 9.17) is 10.5 Å². The van der Waals surface area contributed by atoms with Gasteiger partial charge in [0.25, 0.3) is 0 Å². The van der Waals surface area contributed by atoms with Crippen LogP contribution in [0.2, 0.25) is 0 Å². The SMILES string of the molecule is COc1cccc(-n2ccnc2SCC(N)=O)c1. The summed E-state index contributed by atoms with van der Waals surface area (Å²) >= 11 is 1.31. The number of carbonyl (C=O) groups is 1. The van der Waals surface area contributed by atoms with E-state index < -0.39 is 0 Å². The number of nitrogens with two attached hydrogens (primary N) is 1. The summed E-state index contributed by atoms with van der Waals surface area (Å²) < 4.78 is 7.06. The molecule has 2 aromatic rings. The third-order valence-electron chi connectivity index (χ3n) is 2.28. The third kappa shape index (κ3) is 2.84. The van der Waals surface area contributed by atoms with Crippen LogP contribution in [-0.2, 0) is 4.79 Å². The van der Waals surface area contributed by atoms with Crippen molar-refractivity contribution in [1.29, 1.82) is 0 Å². The molecule has 1 aromatic heterocycles. The fraction of sp³-hybridized carbons (Fsp3) is 0.167. The van der Waals surface area contributed by atoms with Crippen LogP contribution in [-0.4, -0.2) is 28.3 Å². The molecule has 0 fully saturated rings. The molecule has 2 rings (SSSR count). The molecule has 0 atom stereocenters. The number of nitrogens with zero attached hydrogens (tertiary/aromatic N) is 2. The number of hydrogen-bond acceptors (Lipinski definition) is 4. The lowest BCUT2D eigenvalue weighted by atomic mass is 10.3. The van der Waals surface area contributed by atoms with Crippen LogP contribution in [0.1, 0.15) is 0 Å². The van der Waals surface area contributed by atoms with E-state index >= 15 is 0 Å². The second kappa shape index (κ2) is 5.59. The van der Waals surface area contributed by atoms with Gasteiger partial charge in [0.1, 0.15) is 5.75 Å². The monoisotopic (exact) mass is 263 g/mol. The summed E-state index contributed by atoms with van der Waals surface area (Å²) in [5, 5.41) is 0.724. The molecule has 0 saturated heterocycles. The number of primary amides is 1. The Morgan fingerprint density at radius 1 is 1.56 bits per heavy atom. The Balaban J connectivity index is 2.27. The first-order valence-electron chi connectivity index (χ1n) is 5.29. The highest BCUT2D eigenvalue weighted by molar-refractivity contribution is 7.99. The Morgan fingerprint density at radius 2 is 2.39 bits per heavy atom. The first-order valence-corrected chi connectivity index (χ1v) is 6.28. The molecule has 0 unspecified atom stereocenters. The molecule has 0 saturated carbocycles. The quantitative estimate of drug-likeness (QED) is 0.829. The van der Waals surface area contributed by atoms with E-state index in [2.05, 4.69) is 4.98 Å². The predicted molar refractivity (Wildman–Crippen MR) is 70.0 cm³/mol. The van der Waals surface area contributed by atoms with Gasteiger partial charge in [0.2, 0.25) is 5.91 Å². The van der Waals surface area contributed by atoms with E-state index in [0.717, 1.165) is 16.6 Å². The molecule has 1 amide bonds. The van der Waals surface area contributed by atoms with Crippen LogP contribution < -0.4 is 10.5 Å². The van der Waals surface area contributed by atoms with Gasteiger partial charge in [-0.05, 0) is 12.1 Å². The molecule has 2 N–H and O–H groups in total. The molecule has 0 aliphatic carbocycles. The normalized spacial score (nSPS) is 10.3. The molecule has 1 aromatic carbocycles. The first kappa shape index (κ1) is 12.5. The van der Waals surface area contributed by atoms with Crippen molar-refractivity contribution in [1.82, 2.24) is 9.55 Å². The number of benzene rings is 1. The number of ether oxygens (including phenoxy) is 1. The molecule has 0 spiro atoms. The molecule has 0 aliphatic rings. The molecule has 0 bridgehead atoms. The maximum absolute atomic E-state index is 10.8. The maximum atomic E-state index is 10.8. The minimum atomic E-state index is -0.361. The van der Waals surface area contributed by atoms with Crippen molar-refractivity contribution >= 4 is 17.7 Å². The van der Waals surface area contributed by atoms with Crippen molar-refractivity contribution in [2.45, 2.75) is 5.16 Å². The number of hydrogen-bond donors (Lipinski definition) is 1. The molecule has 0 radical (unpaired) electrons. The summed E-state index contributed by atoms with van der Waals surface area (Å²) in [6.07, 6.45) is 3.51. The summed E-state index contributed by atoms with van der Waals surface area (Å²) in [5.41, 5.74) is 6.06. The van der Waals surface area contributed by atoms with Gasteiger partial charge in [-0.15, -0.1) is 0 Å². The zero-order chi connectivity index (χ0) is 13.0. The highest BCUT2D eigenvalue weighted by Crippen LogP contribution is 2.22. The van der Waals surface area contributed by atoms with Crippen LogP contribution in [0.15, 0.2) is 41.8 Å². The average molecular weight is 263 g/mol. The predicted octanol–water partition coefficient (Wildman–Crippen LogP) is 1.46. The van der Waals surface area contributed by atoms with Gasteiger partial charge in [-0.1, -0.05) is 17.8 Å². The summed E-state index contributed by atoms with van der Waals surface area (Å²) in [6, 6.07) is 7.61. The largest absolute Gasteiger partial charge is 0.497 e. The summed E-state index contributed by atoms with van der Waals surface area (Å²) in [4.78, 5) is 15.0. The summed E-state index contributed by atoms with van der Waals surface area (Å²) in [7, 11) is 1.62. The Hall–Kier alpha value is -1.95. The Morgan fingerprint density at radius 3 is 3.11 bits per heavy atom. The summed E-state index contributed by atoms with van der Waals surface area (Å²) in [5.74, 6) is 0.619. The van der Waals surface area contributed by atoms with Gasteiger partial charge in [-0.2, -0.15) is 0 Å². The van der Waals surface area contributed by atoms with Gasteiger partial charge in [-0.25, -0.2) is 4.98 Å². The lowest BCUT2D eigenvalue weighted by Crippen LogP contribution is -2.13. The van der Waals surface area contributed by atoms with Gasteiger partial charge in [0.15, 0.2) is 5.16 Å². The highest BCUT2D eigenvalue weighted by atomic mass is 32.2. The minimum absolute atomic E-state index is 0.209. The number of carbonyl (C=O) groups excluding carboxylic acids is 1. The number of rotatable bonds is 5. The van der Waals surface area contributed by atoms with E-state index in [9.17, 15) is 4.79 Å². The van der Waals surface area contributed by atoms with Crippen molar-refractivity contribution in [2.24, 2.45) is 5.73 Å². The van der Waals surface area contributed by atoms with Gasteiger partial charge in [-0.3, -0.25) is 9.36 Å². The number of thioether (sulfide) groups is 1. The van der Waals surface area contributed by atoms with Crippen molar-refractivity contribution < 1.29 is 9.53 Å². The standard InChI is InChI=1S/C12H13N3O2S/c1-17-10-4-2-3-9(7-10)15-6-5-14-12(15)18-8-11(13)16/h2-7H,8H2,1H3,(H2,13,16). The molecule has 0 aliphatic heterocycles. The number of amides is 1. The second-order valence-corrected chi connectivity index (χ2v) is 4.48. The Bertz CT molecular complexity index is 554. The van der Waals surface area contributed by atoms with Crippen LogP contribution in [0, 0.1) is 0 Å². The van der Waals surface area contributed by atoms with E-state index in [-0.39, 0.29) is 11.7 Å². The zero-order valence-corrected chi connectivity index (χ0v) is 10.7. The van der Waals surface area contributed by atoms with E-state index in [0.29, 0.717) is 0 Å². The Kier molecular flexibility index (Phi) is 3.88. The lowest BCUT2D eigenvalue weighted by Gasteiger charge is -2.08. The van der Waals surface area contributed by atoms with Crippen molar-refractivity contribution in [2.75, 3.05) is 12.9 Å². The molecule has 6 heteroatoms. The van der Waals surface area contributed by atoms with Crippen molar-refractivity contribution in [3.8, 4) is 11.4 Å². The molecule has 94 valence electrons. The number of methoxy groups -OCH3 is 1. The first-order chi connectivity index (χ1) is 8.70. The molecular formula is C12H13N3O2S. The second-order valence-electron chi connectivity index (χ2n) is 3.54. The van der Waals surface area contributed by atoms with Crippen molar-refractivity contribution in [3.05, 3.63) is 36.7 Å². The van der Waals surface area contributed by atoms with Gasteiger partial charge < -0.3 is 10.5 Å². The van der Waals surface area contributed by atoms with Crippen LogP contribution in [0.3, 0.4) is 0 Å². The van der Waals surface area contributed by atoms with Gasteiger partial charge >= 0.3 is 0 Å². The smallest absolute Gasteiger partial charge is 0.227 e. The fourth-order valence-corrected chi connectivity index (χ4v) is 2.20. The third-order valence-corrected chi connectivity index (χ3v) is 3.27. The molecule has 5 nitrogen and oxygen atoms in total.